The summed E-state index contributed by atoms with van der Waals surface area (Å²) in [7, 11) is 1.19. The van der Waals surface area contributed by atoms with E-state index < -0.39 is 17.6 Å². The summed E-state index contributed by atoms with van der Waals surface area (Å²) >= 11 is 1.19. The van der Waals surface area contributed by atoms with Gasteiger partial charge in [-0.1, -0.05) is 103 Å². The Kier molecular flexibility index (Phi) is 16.6. The Bertz CT molecular complexity index is 584. The second-order valence-corrected chi connectivity index (χ2v) is 9.52. The van der Waals surface area contributed by atoms with Crippen LogP contribution in [0.2, 0.25) is 0 Å². The summed E-state index contributed by atoms with van der Waals surface area (Å²) in [5, 5.41) is 0. The van der Waals surface area contributed by atoms with E-state index in [0.29, 0.717) is 5.75 Å². The molecule has 0 radical (unpaired) electrons. The van der Waals surface area contributed by atoms with Gasteiger partial charge >= 0.3 is 5.97 Å². The van der Waals surface area contributed by atoms with E-state index in [-0.39, 0.29) is 10.5 Å². The van der Waals surface area contributed by atoms with E-state index in [1.54, 1.807) is 0 Å². The van der Waals surface area contributed by atoms with Gasteiger partial charge < -0.3 is 4.74 Å². The first-order chi connectivity index (χ1) is 15.1. The van der Waals surface area contributed by atoms with Crippen molar-refractivity contribution in [2.24, 2.45) is 0 Å². The van der Waals surface area contributed by atoms with Crippen LogP contribution < -0.4 is 0 Å². The van der Waals surface area contributed by atoms with E-state index in [4.69, 9.17) is 0 Å². The maximum absolute atomic E-state index is 14.0. The average molecular weight is 457 g/mol. The molecule has 0 fully saturated rings. The minimum Gasteiger partial charge on any atom is -0.465 e. The van der Waals surface area contributed by atoms with Crippen LogP contribution in [0.15, 0.2) is 17.0 Å². The van der Waals surface area contributed by atoms with Gasteiger partial charge in [0.05, 0.1) is 17.6 Å². The largest absolute Gasteiger partial charge is 0.465 e. The molecule has 0 aliphatic carbocycles. The van der Waals surface area contributed by atoms with Crippen LogP contribution in [0, 0.1) is 11.6 Å². The van der Waals surface area contributed by atoms with Crippen LogP contribution in [-0.2, 0) is 4.74 Å². The molecule has 0 N–H and O–H groups in total. The van der Waals surface area contributed by atoms with Crippen molar-refractivity contribution in [1.29, 1.82) is 0 Å². The molecule has 2 nitrogen and oxygen atoms in total. The van der Waals surface area contributed by atoms with Crippen molar-refractivity contribution in [2.45, 2.75) is 115 Å². The lowest BCUT2D eigenvalue weighted by molar-refractivity contribution is 0.0599. The summed E-state index contributed by atoms with van der Waals surface area (Å²) < 4.78 is 32.6. The Labute approximate surface area is 192 Å². The monoisotopic (exact) mass is 456 g/mol. The number of methoxy groups -OCH3 is 1. The summed E-state index contributed by atoms with van der Waals surface area (Å²) in [6, 6.07) is 2.09. The standard InChI is InChI=1S/C26H42F2O2S/c1-3-4-5-6-7-8-9-10-11-12-13-14-15-16-17-18-19-31-25-23(27)20-22(21-24(25)28)26(29)30-2/h20-21H,3-19H2,1-2H3. The van der Waals surface area contributed by atoms with Crippen LogP contribution >= 0.6 is 11.8 Å². The van der Waals surface area contributed by atoms with Crippen LogP contribution in [0.3, 0.4) is 0 Å². The van der Waals surface area contributed by atoms with E-state index in [9.17, 15) is 13.6 Å². The Balaban J connectivity index is 1.96. The zero-order valence-corrected chi connectivity index (χ0v) is 20.5. The lowest BCUT2D eigenvalue weighted by Gasteiger charge is -2.07. The van der Waals surface area contributed by atoms with Crippen molar-refractivity contribution in [1.82, 2.24) is 0 Å². The zero-order chi connectivity index (χ0) is 22.7. The Morgan fingerprint density at radius 2 is 1.13 bits per heavy atom. The highest BCUT2D eigenvalue weighted by molar-refractivity contribution is 7.99. The summed E-state index contributed by atoms with van der Waals surface area (Å²) in [6.07, 6.45) is 21.0. The molecule has 0 saturated carbocycles. The molecule has 1 rings (SSSR count). The smallest absolute Gasteiger partial charge is 0.338 e. The molecule has 0 heterocycles. The first-order valence-corrected chi connectivity index (χ1v) is 13.3. The molecule has 178 valence electrons. The van der Waals surface area contributed by atoms with Gasteiger partial charge in [-0.2, -0.15) is 0 Å². The van der Waals surface area contributed by atoms with Crippen molar-refractivity contribution in [3.05, 3.63) is 29.3 Å². The fraction of sp³-hybridized carbons (Fsp3) is 0.731. The summed E-state index contributed by atoms with van der Waals surface area (Å²) in [5.41, 5.74) is -0.0933. The molecule has 0 aromatic heterocycles. The highest BCUT2D eigenvalue weighted by Gasteiger charge is 2.15. The van der Waals surface area contributed by atoms with Gasteiger partial charge in [0.15, 0.2) is 0 Å². The van der Waals surface area contributed by atoms with Crippen molar-refractivity contribution in [3.63, 3.8) is 0 Å². The third-order valence-electron chi connectivity index (χ3n) is 5.66. The van der Waals surface area contributed by atoms with E-state index in [1.807, 2.05) is 0 Å². The number of carbonyl (C=O) groups is 1. The van der Waals surface area contributed by atoms with Gasteiger partial charge in [-0.25, -0.2) is 13.6 Å². The number of hydrogen-bond donors (Lipinski definition) is 0. The number of benzene rings is 1. The number of halogens is 2. The SMILES string of the molecule is CCCCCCCCCCCCCCCCCCSc1c(F)cc(C(=O)OC)cc1F. The molecule has 0 unspecified atom stereocenters. The number of esters is 1. The predicted molar refractivity (Wildman–Crippen MR) is 128 cm³/mol. The van der Waals surface area contributed by atoms with Gasteiger partial charge in [0.1, 0.15) is 11.6 Å². The Morgan fingerprint density at radius 3 is 1.52 bits per heavy atom. The molecule has 0 spiro atoms. The highest BCUT2D eigenvalue weighted by Crippen LogP contribution is 2.28. The Hall–Kier alpha value is -1.10. The second-order valence-electron chi connectivity index (χ2n) is 8.41. The number of rotatable bonds is 19. The van der Waals surface area contributed by atoms with E-state index >= 15 is 0 Å². The van der Waals surface area contributed by atoms with Gasteiger partial charge in [-0.15, -0.1) is 11.8 Å². The maximum atomic E-state index is 14.0. The Morgan fingerprint density at radius 1 is 0.742 bits per heavy atom. The molecular weight excluding hydrogens is 414 g/mol. The highest BCUT2D eigenvalue weighted by atomic mass is 32.2. The minimum atomic E-state index is -0.729. The van der Waals surface area contributed by atoms with Crippen molar-refractivity contribution in [2.75, 3.05) is 12.9 Å². The average Bonchev–Trinajstić information content (AvgIpc) is 2.76. The first-order valence-electron chi connectivity index (χ1n) is 12.3. The predicted octanol–water partition coefficient (Wildman–Crippen LogP) is 9.11. The summed E-state index contributed by atoms with van der Waals surface area (Å²) in [5.74, 6) is -1.43. The fourth-order valence-corrected chi connectivity index (χ4v) is 4.70. The molecule has 1 aromatic rings. The quantitative estimate of drug-likeness (QED) is 0.118. The van der Waals surface area contributed by atoms with Crippen LogP contribution in [0.5, 0.6) is 0 Å². The molecule has 5 heteroatoms. The van der Waals surface area contributed by atoms with E-state index in [2.05, 4.69) is 11.7 Å². The lowest BCUT2D eigenvalue weighted by atomic mass is 10.0. The van der Waals surface area contributed by atoms with E-state index in [1.165, 1.54) is 109 Å². The van der Waals surface area contributed by atoms with Crippen LogP contribution in [0.25, 0.3) is 0 Å². The normalized spacial score (nSPS) is 11.1. The van der Waals surface area contributed by atoms with E-state index in [0.717, 1.165) is 25.0 Å². The molecule has 0 bridgehead atoms. The van der Waals surface area contributed by atoms with Gasteiger partial charge in [0, 0.05) is 0 Å². The lowest BCUT2D eigenvalue weighted by Crippen LogP contribution is -2.03. The maximum Gasteiger partial charge on any atom is 0.338 e. The topological polar surface area (TPSA) is 26.3 Å². The van der Waals surface area contributed by atoms with Gasteiger partial charge in [0.2, 0.25) is 0 Å². The van der Waals surface area contributed by atoms with Crippen molar-refractivity contribution >= 4 is 17.7 Å². The van der Waals surface area contributed by atoms with Crippen molar-refractivity contribution < 1.29 is 18.3 Å². The first kappa shape index (κ1) is 27.9. The molecule has 0 saturated heterocycles. The third-order valence-corrected chi connectivity index (χ3v) is 6.84. The molecule has 1 aromatic carbocycles. The van der Waals surface area contributed by atoms with Crippen LogP contribution in [0.1, 0.15) is 120 Å². The molecule has 0 atom stereocenters. The second kappa shape index (κ2) is 18.5. The number of unbranched alkanes of at least 4 members (excludes halogenated alkanes) is 15. The molecule has 0 aliphatic heterocycles. The van der Waals surface area contributed by atoms with Gasteiger partial charge in [0.25, 0.3) is 0 Å². The molecule has 31 heavy (non-hydrogen) atoms. The summed E-state index contributed by atoms with van der Waals surface area (Å²) in [6.45, 7) is 2.26. The molecular formula is C26H42F2O2S. The fourth-order valence-electron chi connectivity index (χ4n) is 3.76. The number of hydrogen-bond acceptors (Lipinski definition) is 3. The molecule has 0 amide bonds. The number of carbonyl (C=O) groups excluding carboxylic acids is 1. The number of thioether (sulfide) groups is 1. The minimum absolute atomic E-state index is 0.00591. The van der Waals surface area contributed by atoms with Crippen LogP contribution in [-0.4, -0.2) is 18.8 Å². The zero-order valence-electron chi connectivity index (χ0n) is 19.7. The van der Waals surface area contributed by atoms with Gasteiger partial charge in [-0.3, -0.25) is 0 Å². The third kappa shape index (κ3) is 13.1. The molecule has 0 aliphatic rings. The van der Waals surface area contributed by atoms with Gasteiger partial charge in [-0.05, 0) is 24.3 Å². The van der Waals surface area contributed by atoms with Crippen molar-refractivity contribution in [3.8, 4) is 0 Å². The van der Waals surface area contributed by atoms with Crippen LogP contribution in [0.4, 0.5) is 8.78 Å². The summed E-state index contributed by atoms with van der Waals surface area (Å²) in [4.78, 5) is 11.4. The number of ether oxygens (including phenoxy) is 1.